The number of aryl methyl sites for hydroxylation is 1. The molecule has 0 spiro atoms. The number of carbonyl (C=O) groups excluding carboxylic acids is 2. The van der Waals surface area contributed by atoms with Crippen molar-refractivity contribution in [1.29, 1.82) is 0 Å². The topological polar surface area (TPSA) is 86.8 Å². The Hall–Kier alpha value is -3.36. The Balaban J connectivity index is 2.02. The third-order valence-corrected chi connectivity index (χ3v) is 8.63. The van der Waals surface area contributed by atoms with Crippen molar-refractivity contribution in [2.45, 2.75) is 64.1 Å². The predicted octanol–water partition coefficient (Wildman–Crippen LogP) is 5.57. The number of para-hydroxylation sites is 1. The summed E-state index contributed by atoms with van der Waals surface area (Å²) in [6.07, 6.45) is 1.10. The lowest BCUT2D eigenvalue weighted by Crippen LogP contribution is -2.53. The van der Waals surface area contributed by atoms with Crippen LogP contribution in [0.1, 0.15) is 44.7 Å². The first-order valence-corrected chi connectivity index (χ1v) is 14.9. The van der Waals surface area contributed by atoms with E-state index in [1.54, 1.807) is 66.7 Å². The minimum atomic E-state index is -4.09. The number of halogens is 1. The Bertz CT molecular complexity index is 1350. The lowest BCUT2D eigenvalue weighted by Gasteiger charge is -2.33. The number of nitrogens with zero attached hydrogens (tertiary/aromatic N) is 2. The van der Waals surface area contributed by atoms with Gasteiger partial charge < -0.3 is 10.2 Å². The second kappa shape index (κ2) is 13.6. The zero-order valence-corrected chi connectivity index (χ0v) is 24.4. The van der Waals surface area contributed by atoms with Crippen molar-refractivity contribution in [3.63, 3.8) is 0 Å². The summed E-state index contributed by atoms with van der Waals surface area (Å²) >= 11 is 6.06. The Morgan fingerprint density at radius 1 is 0.897 bits per heavy atom. The summed E-state index contributed by atoms with van der Waals surface area (Å²) in [7, 11) is -4.09. The smallest absolute Gasteiger partial charge is 0.264 e. The minimum Gasteiger partial charge on any atom is -0.352 e. The van der Waals surface area contributed by atoms with Crippen molar-refractivity contribution in [1.82, 2.24) is 10.2 Å². The van der Waals surface area contributed by atoms with E-state index in [4.69, 9.17) is 11.6 Å². The molecule has 0 saturated heterocycles. The van der Waals surface area contributed by atoms with Crippen LogP contribution in [0.15, 0.2) is 83.8 Å². The molecule has 0 radical (unpaired) electrons. The van der Waals surface area contributed by atoms with Gasteiger partial charge in [0, 0.05) is 17.6 Å². The van der Waals surface area contributed by atoms with Gasteiger partial charge in [0.05, 0.1) is 10.6 Å². The summed E-state index contributed by atoms with van der Waals surface area (Å²) in [5.41, 5.74) is 2.05. The lowest BCUT2D eigenvalue weighted by molar-refractivity contribution is -0.140. The van der Waals surface area contributed by atoms with E-state index >= 15 is 0 Å². The molecule has 3 rings (SSSR count). The van der Waals surface area contributed by atoms with Crippen LogP contribution in [0, 0.1) is 6.92 Å². The fraction of sp³-hybridized carbons (Fsp3) is 0.333. The first-order chi connectivity index (χ1) is 18.6. The molecule has 1 N–H and O–H groups in total. The summed E-state index contributed by atoms with van der Waals surface area (Å²) in [5, 5.41) is 3.52. The van der Waals surface area contributed by atoms with Gasteiger partial charge in [0.25, 0.3) is 10.0 Å². The lowest BCUT2D eigenvalue weighted by atomic mass is 10.1. The summed E-state index contributed by atoms with van der Waals surface area (Å²) in [6, 6.07) is 21.2. The average molecular weight is 570 g/mol. The number of benzene rings is 3. The van der Waals surface area contributed by atoms with Gasteiger partial charge >= 0.3 is 0 Å². The molecular formula is C30H36ClN3O4S. The molecule has 0 aliphatic rings. The molecule has 2 amide bonds. The highest BCUT2D eigenvalue weighted by atomic mass is 35.5. The minimum absolute atomic E-state index is 0.0678. The molecule has 0 unspecified atom stereocenters. The first kappa shape index (κ1) is 30.2. The molecule has 0 bridgehead atoms. The van der Waals surface area contributed by atoms with E-state index in [1.807, 2.05) is 27.7 Å². The summed E-state index contributed by atoms with van der Waals surface area (Å²) in [5.74, 6) is -0.766. The third kappa shape index (κ3) is 7.83. The van der Waals surface area contributed by atoms with Crippen LogP contribution in [0.3, 0.4) is 0 Å². The van der Waals surface area contributed by atoms with Crippen molar-refractivity contribution >= 4 is 39.1 Å². The van der Waals surface area contributed by atoms with E-state index in [0.29, 0.717) is 17.1 Å². The Kier molecular flexibility index (Phi) is 10.5. The predicted molar refractivity (Wildman–Crippen MR) is 156 cm³/mol. The molecule has 7 nitrogen and oxygen atoms in total. The number of sulfonamides is 1. The van der Waals surface area contributed by atoms with E-state index in [9.17, 15) is 18.0 Å². The molecule has 0 aliphatic carbocycles. The van der Waals surface area contributed by atoms with E-state index in [2.05, 4.69) is 5.32 Å². The van der Waals surface area contributed by atoms with E-state index in [0.717, 1.165) is 21.9 Å². The van der Waals surface area contributed by atoms with Gasteiger partial charge in [-0.3, -0.25) is 13.9 Å². The fourth-order valence-corrected chi connectivity index (χ4v) is 5.65. The maximum Gasteiger partial charge on any atom is 0.264 e. The molecule has 0 saturated carbocycles. The van der Waals surface area contributed by atoms with Crippen LogP contribution in [0.25, 0.3) is 0 Å². The van der Waals surface area contributed by atoms with Gasteiger partial charge in [-0.25, -0.2) is 8.42 Å². The molecule has 39 heavy (non-hydrogen) atoms. The Morgan fingerprint density at radius 2 is 1.51 bits per heavy atom. The van der Waals surface area contributed by atoms with Crippen molar-refractivity contribution in [2.24, 2.45) is 0 Å². The maximum absolute atomic E-state index is 14.0. The number of nitrogens with one attached hydrogen (secondary N) is 1. The molecule has 0 aromatic heterocycles. The Labute approximate surface area is 236 Å². The fourth-order valence-electron chi connectivity index (χ4n) is 4.11. The standard InChI is InChI=1S/C30H36ClN3O4S/c1-5-23(4)32-30(36)28(6-2)33(20-24-14-16-25(31)17-15-24)29(35)21-34(26-10-8-7-9-11-26)39(37,38)27-18-12-22(3)13-19-27/h7-19,23,28H,5-6,20-21H2,1-4H3,(H,32,36)/t23-,28+/m0/s1. The quantitative estimate of drug-likeness (QED) is 0.309. The van der Waals surface area contributed by atoms with Gasteiger partial charge in [-0.2, -0.15) is 0 Å². The Morgan fingerprint density at radius 3 is 2.08 bits per heavy atom. The highest BCUT2D eigenvalue weighted by Crippen LogP contribution is 2.25. The normalized spacial score (nSPS) is 12.8. The number of hydrogen-bond acceptors (Lipinski definition) is 4. The molecule has 3 aromatic rings. The number of hydrogen-bond donors (Lipinski definition) is 1. The number of amides is 2. The monoisotopic (exact) mass is 569 g/mol. The second-order valence-corrected chi connectivity index (χ2v) is 11.8. The van der Waals surface area contributed by atoms with Crippen molar-refractivity contribution in [3.05, 3.63) is 95.0 Å². The van der Waals surface area contributed by atoms with Crippen LogP contribution in [0.5, 0.6) is 0 Å². The highest BCUT2D eigenvalue weighted by molar-refractivity contribution is 7.92. The second-order valence-electron chi connectivity index (χ2n) is 9.55. The zero-order valence-electron chi connectivity index (χ0n) is 22.8. The van der Waals surface area contributed by atoms with Gasteiger partial charge in [-0.15, -0.1) is 0 Å². The molecule has 208 valence electrons. The van der Waals surface area contributed by atoms with Crippen LogP contribution in [-0.2, 0) is 26.2 Å². The van der Waals surface area contributed by atoms with Crippen molar-refractivity contribution in [2.75, 3.05) is 10.8 Å². The van der Waals surface area contributed by atoms with Gasteiger partial charge in [0.1, 0.15) is 12.6 Å². The number of anilines is 1. The van der Waals surface area contributed by atoms with Crippen LogP contribution >= 0.6 is 11.6 Å². The molecule has 0 fully saturated rings. The molecular weight excluding hydrogens is 534 g/mol. The number of carbonyl (C=O) groups is 2. The van der Waals surface area contributed by atoms with Gasteiger partial charge in [0.2, 0.25) is 11.8 Å². The van der Waals surface area contributed by atoms with E-state index in [-0.39, 0.29) is 23.4 Å². The SMILES string of the molecule is CC[C@H](C(=O)N[C@@H](C)CC)N(Cc1ccc(Cl)cc1)C(=O)CN(c1ccccc1)S(=O)(=O)c1ccc(C)cc1. The average Bonchev–Trinajstić information content (AvgIpc) is 2.93. The summed E-state index contributed by atoms with van der Waals surface area (Å²) in [6.45, 7) is 7.23. The first-order valence-electron chi connectivity index (χ1n) is 13.1. The van der Waals surface area contributed by atoms with Gasteiger partial charge in [-0.05, 0) is 68.7 Å². The van der Waals surface area contributed by atoms with E-state index in [1.165, 1.54) is 17.0 Å². The van der Waals surface area contributed by atoms with Crippen LogP contribution in [-0.4, -0.2) is 43.8 Å². The van der Waals surface area contributed by atoms with Crippen LogP contribution in [0.2, 0.25) is 5.02 Å². The molecule has 0 aliphatic heterocycles. The summed E-state index contributed by atoms with van der Waals surface area (Å²) in [4.78, 5) is 28.8. The highest BCUT2D eigenvalue weighted by Gasteiger charge is 2.33. The number of rotatable bonds is 12. The molecule has 0 heterocycles. The van der Waals surface area contributed by atoms with Gasteiger partial charge in [0.15, 0.2) is 0 Å². The largest absolute Gasteiger partial charge is 0.352 e. The summed E-state index contributed by atoms with van der Waals surface area (Å²) < 4.78 is 28.7. The third-order valence-electron chi connectivity index (χ3n) is 6.59. The van der Waals surface area contributed by atoms with Crippen molar-refractivity contribution in [3.8, 4) is 0 Å². The maximum atomic E-state index is 14.0. The van der Waals surface area contributed by atoms with Crippen LogP contribution < -0.4 is 9.62 Å². The zero-order chi connectivity index (χ0) is 28.6. The van der Waals surface area contributed by atoms with Crippen molar-refractivity contribution < 1.29 is 18.0 Å². The molecule has 9 heteroatoms. The van der Waals surface area contributed by atoms with E-state index < -0.39 is 28.5 Å². The van der Waals surface area contributed by atoms with Crippen LogP contribution in [0.4, 0.5) is 5.69 Å². The molecule has 2 atom stereocenters. The van der Waals surface area contributed by atoms with Gasteiger partial charge in [-0.1, -0.05) is 73.5 Å². The molecule has 3 aromatic carbocycles.